The van der Waals surface area contributed by atoms with E-state index in [-0.39, 0.29) is 34.9 Å². The van der Waals surface area contributed by atoms with Crippen molar-refractivity contribution in [2.24, 2.45) is 0 Å². The number of nitrogens with one attached hydrogen (secondary N) is 1. The number of Topliss-reactive ketones (excluding diaryl/α,β-unsaturated/α-hetero) is 1. The third-order valence-corrected chi connectivity index (χ3v) is 4.14. The molecule has 0 atom stereocenters. The maximum atomic E-state index is 12.7. The second kappa shape index (κ2) is 10.6. The van der Waals surface area contributed by atoms with E-state index in [1.165, 1.54) is 26.0 Å². The summed E-state index contributed by atoms with van der Waals surface area (Å²) in [6, 6.07) is 4.27. The molecule has 0 radical (unpaired) electrons. The lowest BCUT2D eigenvalue weighted by Crippen LogP contribution is -2.21. The number of carbonyl (C=O) groups is 4. The number of ether oxygens (including phenoxy) is 2. The number of benzene rings is 1. The van der Waals surface area contributed by atoms with Crippen LogP contribution in [0.25, 0.3) is 6.08 Å². The quantitative estimate of drug-likeness (QED) is 0.352. The average Bonchev–Trinajstić information content (AvgIpc) is 3.06. The highest BCUT2D eigenvalue weighted by atomic mass is 19.4. The van der Waals surface area contributed by atoms with Gasteiger partial charge in [-0.1, -0.05) is 12.1 Å². The highest BCUT2D eigenvalue weighted by Gasteiger charge is 2.30. The molecule has 1 N–H and O–H groups in total. The van der Waals surface area contributed by atoms with E-state index in [1.54, 1.807) is 6.92 Å². The normalized spacial score (nSPS) is 11.3. The van der Waals surface area contributed by atoms with Gasteiger partial charge in [-0.15, -0.1) is 0 Å². The number of furan rings is 1. The van der Waals surface area contributed by atoms with Crippen molar-refractivity contribution in [2.75, 3.05) is 18.5 Å². The number of hydrogen-bond donors (Lipinski definition) is 1. The standard InChI is InChI=1S/C22H20F3NO7/c1-4-31-21(30)19-18(12(2)27)13(3)33-20(19)26-16(28)11-32-17(29)9-8-14-6-5-7-15(10-14)22(23,24)25/h5-10H,4,11H2,1-3H3,(H,26,28)/b9-8+. The third kappa shape index (κ3) is 6.79. The first-order valence-electron chi connectivity index (χ1n) is 9.57. The summed E-state index contributed by atoms with van der Waals surface area (Å²) in [5, 5.41) is 2.23. The van der Waals surface area contributed by atoms with Crippen LogP contribution in [0, 0.1) is 6.92 Å². The first kappa shape index (κ1) is 25.4. The molecule has 1 aromatic carbocycles. The summed E-state index contributed by atoms with van der Waals surface area (Å²) >= 11 is 0. The molecule has 1 aromatic heterocycles. The van der Waals surface area contributed by atoms with Gasteiger partial charge in [0, 0.05) is 6.08 Å². The van der Waals surface area contributed by atoms with Crippen LogP contribution in [0.3, 0.4) is 0 Å². The van der Waals surface area contributed by atoms with Crippen LogP contribution < -0.4 is 5.32 Å². The fourth-order valence-corrected chi connectivity index (χ4v) is 2.79. The summed E-state index contributed by atoms with van der Waals surface area (Å²) in [5.41, 5.74) is -1.09. The van der Waals surface area contributed by atoms with Crippen molar-refractivity contribution >= 4 is 35.6 Å². The number of rotatable bonds is 8. The molecule has 11 heteroatoms. The van der Waals surface area contributed by atoms with Crippen LogP contribution >= 0.6 is 0 Å². The molecule has 0 saturated heterocycles. The molecule has 2 rings (SSSR count). The highest BCUT2D eigenvalue weighted by Crippen LogP contribution is 2.30. The van der Waals surface area contributed by atoms with Gasteiger partial charge in [-0.25, -0.2) is 9.59 Å². The van der Waals surface area contributed by atoms with E-state index in [1.807, 2.05) is 0 Å². The third-order valence-electron chi connectivity index (χ3n) is 4.14. The molecule has 8 nitrogen and oxygen atoms in total. The van der Waals surface area contributed by atoms with E-state index < -0.39 is 42.0 Å². The zero-order valence-corrected chi connectivity index (χ0v) is 17.9. The van der Waals surface area contributed by atoms with Crippen molar-refractivity contribution in [3.05, 3.63) is 58.4 Å². The van der Waals surface area contributed by atoms with Crippen molar-refractivity contribution in [2.45, 2.75) is 26.9 Å². The molecule has 1 amide bonds. The molecule has 176 valence electrons. The van der Waals surface area contributed by atoms with Gasteiger partial charge >= 0.3 is 18.1 Å². The van der Waals surface area contributed by atoms with E-state index >= 15 is 0 Å². The number of halogens is 3. The molecule has 0 fully saturated rings. The molecule has 0 unspecified atom stereocenters. The van der Waals surface area contributed by atoms with Gasteiger partial charge in [0.15, 0.2) is 12.4 Å². The number of anilines is 1. The largest absolute Gasteiger partial charge is 0.462 e. The molecule has 0 saturated carbocycles. The Morgan fingerprint density at radius 1 is 1.12 bits per heavy atom. The zero-order chi connectivity index (χ0) is 24.8. The molecule has 0 aliphatic heterocycles. The number of alkyl halides is 3. The molecule has 0 spiro atoms. The minimum absolute atomic E-state index is 0.0175. The number of ketones is 1. The second-order valence-corrected chi connectivity index (χ2v) is 6.63. The van der Waals surface area contributed by atoms with Gasteiger partial charge in [0.25, 0.3) is 5.91 Å². The van der Waals surface area contributed by atoms with Gasteiger partial charge < -0.3 is 13.9 Å². The Labute approximate surface area is 186 Å². The Kier molecular flexibility index (Phi) is 8.16. The molecular weight excluding hydrogens is 447 g/mol. The molecule has 0 aliphatic carbocycles. The monoisotopic (exact) mass is 467 g/mol. The van der Waals surface area contributed by atoms with Crippen molar-refractivity contribution in [1.82, 2.24) is 0 Å². The topological polar surface area (TPSA) is 112 Å². The maximum Gasteiger partial charge on any atom is 0.416 e. The van der Waals surface area contributed by atoms with E-state index in [0.717, 1.165) is 24.3 Å². The van der Waals surface area contributed by atoms with Crippen molar-refractivity contribution in [1.29, 1.82) is 0 Å². The summed E-state index contributed by atoms with van der Waals surface area (Å²) in [5.74, 6) is -3.49. The van der Waals surface area contributed by atoms with Gasteiger partial charge in [-0.3, -0.25) is 14.9 Å². The van der Waals surface area contributed by atoms with Crippen molar-refractivity contribution in [3.8, 4) is 0 Å². The molecular formula is C22H20F3NO7. The van der Waals surface area contributed by atoms with Gasteiger partial charge in [-0.05, 0) is 44.5 Å². The SMILES string of the molecule is CCOC(=O)c1c(NC(=O)COC(=O)/C=C/c2cccc(C(F)(F)F)c2)oc(C)c1C(C)=O. The van der Waals surface area contributed by atoms with Crippen LogP contribution in [0.2, 0.25) is 0 Å². The van der Waals surface area contributed by atoms with Crippen LogP contribution in [0.1, 0.15) is 51.5 Å². The smallest absolute Gasteiger partial charge is 0.416 e. The highest BCUT2D eigenvalue weighted by molar-refractivity contribution is 6.10. The van der Waals surface area contributed by atoms with Crippen molar-refractivity contribution in [3.63, 3.8) is 0 Å². The Hall–Kier alpha value is -3.89. The molecule has 2 aromatic rings. The van der Waals surface area contributed by atoms with Gasteiger partial charge in [0.2, 0.25) is 5.88 Å². The van der Waals surface area contributed by atoms with Crippen molar-refractivity contribution < 1.29 is 46.2 Å². The summed E-state index contributed by atoms with van der Waals surface area (Å²) in [6.07, 6.45) is -2.57. The Balaban J connectivity index is 2.04. The number of carbonyl (C=O) groups excluding carboxylic acids is 4. The lowest BCUT2D eigenvalue weighted by atomic mass is 10.1. The Morgan fingerprint density at radius 3 is 2.42 bits per heavy atom. The lowest BCUT2D eigenvalue weighted by Gasteiger charge is -2.07. The van der Waals surface area contributed by atoms with E-state index in [0.29, 0.717) is 0 Å². The van der Waals surface area contributed by atoms with Gasteiger partial charge in [-0.2, -0.15) is 13.2 Å². The van der Waals surface area contributed by atoms with Gasteiger partial charge in [0.1, 0.15) is 11.3 Å². The average molecular weight is 467 g/mol. The number of hydrogen-bond acceptors (Lipinski definition) is 7. The summed E-state index contributed by atoms with van der Waals surface area (Å²) in [4.78, 5) is 48.0. The first-order valence-corrected chi connectivity index (χ1v) is 9.57. The van der Waals surface area contributed by atoms with E-state index in [4.69, 9.17) is 13.9 Å². The fraction of sp³-hybridized carbons (Fsp3) is 0.273. The van der Waals surface area contributed by atoms with Crippen LogP contribution in [-0.4, -0.2) is 36.8 Å². The second-order valence-electron chi connectivity index (χ2n) is 6.63. The zero-order valence-electron chi connectivity index (χ0n) is 17.9. The molecule has 0 bridgehead atoms. The fourth-order valence-electron chi connectivity index (χ4n) is 2.79. The van der Waals surface area contributed by atoms with Crippen LogP contribution in [0.15, 0.2) is 34.8 Å². The summed E-state index contributed by atoms with van der Waals surface area (Å²) in [7, 11) is 0. The predicted molar refractivity (Wildman–Crippen MR) is 109 cm³/mol. The van der Waals surface area contributed by atoms with Crippen LogP contribution in [0.5, 0.6) is 0 Å². The minimum atomic E-state index is -4.53. The Bertz CT molecular complexity index is 1100. The lowest BCUT2D eigenvalue weighted by molar-refractivity contribution is -0.142. The summed E-state index contributed by atoms with van der Waals surface area (Å²) in [6.45, 7) is 3.42. The first-order chi connectivity index (χ1) is 15.4. The molecule has 0 aliphatic rings. The van der Waals surface area contributed by atoms with Crippen LogP contribution in [0.4, 0.5) is 19.1 Å². The van der Waals surface area contributed by atoms with E-state index in [2.05, 4.69) is 5.32 Å². The predicted octanol–water partition coefficient (Wildman–Crippen LogP) is 4.18. The molecule has 1 heterocycles. The van der Waals surface area contributed by atoms with Crippen LogP contribution in [-0.2, 0) is 25.2 Å². The maximum absolute atomic E-state index is 12.7. The van der Waals surface area contributed by atoms with E-state index in [9.17, 15) is 32.3 Å². The minimum Gasteiger partial charge on any atom is -0.462 e. The number of aryl methyl sites for hydroxylation is 1. The van der Waals surface area contributed by atoms with Gasteiger partial charge in [0.05, 0.1) is 17.7 Å². The Morgan fingerprint density at radius 2 is 1.82 bits per heavy atom. The number of amides is 1. The molecule has 33 heavy (non-hydrogen) atoms. The summed E-state index contributed by atoms with van der Waals surface area (Å²) < 4.78 is 53.1. The number of esters is 2.